The largest absolute Gasteiger partial charge is 0.379 e. The molecule has 7 nitrogen and oxygen atoms in total. The van der Waals surface area contributed by atoms with E-state index in [1.807, 2.05) is 4.90 Å². The number of nitrogens with zero attached hydrogens (tertiary/aromatic N) is 4. The zero-order valence-electron chi connectivity index (χ0n) is 19.2. The summed E-state index contributed by atoms with van der Waals surface area (Å²) in [7, 11) is 0. The van der Waals surface area contributed by atoms with E-state index in [0.29, 0.717) is 11.6 Å². The van der Waals surface area contributed by atoms with Gasteiger partial charge < -0.3 is 15.0 Å². The van der Waals surface area contributed by atoms with Gasteiger partial charge in [0.2, 0.25) is 0 Å². The van der Waals surface area contributed by atoms with Crippen molar-refractivity contribution in [3.8, 4) is 0 Å². The molecular formula is C24H39N5O2. The van der Waals surface area contributed by atoms with Gasteiger partial charge in [0, 0.05) is 62.1 Å². The van der Waals surface area contributed by atoms with Crippen LogP contribution in [0.3, 0.4) is 0 Å². The van der Waals surface area contributed by atoms with Crippen molar-refractivity contribution < 1.29 is 9.53 Å². The number of aromatic nitrogens is 2. The predicted octanol–water partition coefficient (Wildman–Crippen LogP) is 2.23. The normalized spacial score (nSPS) is 26.4. The molecule has 1 atom stereocenters. The summed E-state index contributed by atoms with van der Waals surface area (Å²) in [6.45, 7) is 9.67. The Bertz CT molecular complexity index is 773. The molecule has 1 N–H and O–H groups in total. The zero-order valence-corrected chi connectivity index (χ0v) is 19.2. The lowest BCUT2D eigenvalue weighted by Gasteiger charge is -2.44. The van der Waals surface area contributed by atoms with E-state index in [4.69, 9.17) is 9.84 Å². The Morgan fingerprint density at radius 3 is 2.58 bits per heavy atom. The molecule has 5 rings (SSSR count). The molecule has 2 aliphatic heterocycles. The molecule has 7 heteroatoms. The van der Waals surface area contributed by atoms with Gasteiger partial charge in [0.05, 0.1) is 13.2 Å². The molecule has 0 unspecified atom stereocenters. The molecule has 2 aliphatic carbocycles. The van der Waals surface area contributed by atoms with E-state index in [-0.39, 0.29) is 5.91 Å². The summed E-state index contributed by atoms with van der Waals surface area (Å²) in [6.07, 6.45) is 10.6. The molecule has 2 saturated heterocycles. The minimum absolute atomic E-state index is 0.155. The van der Waals surface area contributed by atoms with Gasteiger partial charge in [-0.3, -0.25) is 14.4 Å². The molecule has 4 aliphatic rings. The highest BCUT2D eigenvalue weighted by Gasteiger charge is 2.41. The molecule has 0 aromatic carbocycles. The maximum Gasteiger partial charge on any atom is 0.274 e. The maximum absolute atomic E-state index is 13.2. The number of likely N-dealkylation sites (tertiary alicyclic amines) is 1. The number of fused-ring (bicyclic) bond motifs is 1. The Morgan fingerprint density at radius 1 is 1.13 bits per heavy atom. The first-order chi connectivity index (χ1) is 15.2. The topological polar surface area (TPSA) is 62.6 Å². The summed E-state index contributed by atoms with van der Waals surface area (Å²) in [6, 6.07) is 0.436. The SMILES string of the molecule is CCn1nc(C(=O)N2CCCC2)c2c1CC[C@@H](NCC1(N3CCOCC3)CCCC1)C2. The van der Waals surface area contributed by atoms with Crippen LogP contribution in [-0.2, 0) is 24.1 Å². The molecule has 172 valence electrons. The molecule has 1 aromatic rings. The molecule has 3 fully saturated rings. The van der Waals surface area contributed by atoms with Gasteiger partial charge in [-0.15, -0.1) is 0 Å². The van der Waals surface area contributed by atoms with Crippen LogP contribution in [0.1, 0.15) is 73.6 Å². The van der Waals surface area contributed by atoms with Crippen LogP contribution in [0.25, 0.3) is 0 Å². The van der Waals surface area contributed by atoms with Crippen molar-refractivity contribution in [2.45, 2.75) is 82.8 Å². The Kier molecular flexibility index (Phi) is 6.35. The van der Waals surface area contributed by atoms with Crippen LogP contribution >= 0.6 is 0 Å². The molecule has 1 amide bonds. The van der Waals surface area contributed by atoms with Crippen LogP contribution in [0.5, 0.6) is 0 Å². The first-order valence-electron chi connectivity index (χ1n) is 12.6. The Hall–Kier alpha value is -1.44. The average Bonchev–Trinajstić information content (AvgIpc) is 3.58. The zero-order chi connectivity index (χ0) is 21.3. The number of rotatable bonds is 6. The first kappa shape index (κ1) is 21.4. The molecule has 31 heavy (non-hydrogen) atoms. The predicted molar refractivity (Wildman–Crippen MR) is 120 cm³/mol. The highest BCUT2D eigenvalue weighted by Crippen LogP contribution is 2.36. The summed E-state index contributed by atoms with van der Waals surface area (Å²) >= 11 is 0. The van der Waals surface area contributed by atoms with Gasteiger partial charge in [-0.2, -0.15) is 5.10 Å². The van der Waals surface area contributed by atoms with Crippen molar-refractivity contribution in [1.82, 2.24) is 24.9 Å². The lowest BCUT2D eigenvalue weighted by molar-refractivity contribution is -0.0213. The van der Waals surface area contributed by atoms with Gasteiger partial charge in [0.15, 0.2) is 5.69 Å². The summed E-state index contributed by atoms with van der Waals surface area (Å²) in [4.78, 5) is 17.9. The third kappa shape index (κ3) is 4.16. The van der Waals surface area contributed by atoms with Crippen molar-refractivity contribution >= 4 is 5.91 Å². The van der Waals surface area contributed by atoms with Crippen molar-refractivity contribution in [2.75, 3.05) is 45.9 Å². The first-order valence-corrected chi connectivity index (χ1v) is 12.6. The summed E-state index contributed by atoms with van der Waals surface area (Å²) in [5.74, 6) is 0.155. The number of morpholine rings is 1. The van der Waals surface area contributed by atoms with E-state index in [9.17, 15) is 4.79 Å². The molecule has 0 radical (unpaired) electrons. The van der Waals surface area contributed by atoms with E-state index in [0.717, 1.165) is 90.3 Å². The van der Waals surface area contributed by atoms with Gasteiger partial charge in [0.1, 0.15) is 0 Å². The Balaban J connectivity index is 1.29. The fourth-order valence-corrected chi connectivity index (χ4v) is 6.38. The van der Waals surface area contributed by atoms with Crippen molar-refractivity contribution in [3.63, 3.8) is 0 Å². The van der Waals surface area contributed by atoms with Gasteiger partial charge >= 0.3 is 0 Å². The summed E-state index contributed by atoms with van der Waals surface area (Å²) in [5, 5.41) is 8.75. The van der Waals surface area contributed by atoms with Crippen molar-refractivity contribution in [1.29, 1.82) is 0 Å². The van der Waals surface area contributed by atoms with Crippen LogP contribution in [0.4, 0.5) is 0 Å². The number of ether oxygens (including phenoxy) is 1. The maximum atomic E-state index is 13.2. The highest BCUT2D eigenvalue weighted by atomic mass is 16.5. The van der Waals surface area contributed by atoms with Crippen molar-refractivity contribution in [2.24, 2.45) is 0 Å². The number of carbonyl (C=O) groups is 1. The number of nitrogens with one attached hydrogen (secondary N) is 1. The Labute approximate surface area is 186 Å². The lowest BCUT2D eigenvalue weighted by Crippen LogP contribution is -2.58. The van der Waals surface area contributed by atoms with E-state index < -0.39 is 0 Å². The van der Waals surface area contributed by atoms with E-state index in [2.05, 4.69) is 21.8 Å². The fraction of sp³-hybridized carbons (Fsp3) is 0.833. The average molecular weight is 430 g/mol. The molecular weight excluding hydrogens is 390 g/mol. The monoisotopic (exact) mass is 429 g/mol. The second kappa shape index (κ2) is 9.20. The minimum Gasteiger partial charge on any atom is -0.379 e. The molecule has 0 bridgehead atoms. The van der Waals surface area contributed by atoms with Crippen LogP contribution in [-0.4, -0.2) is 83.0 Å². The van der Waals surface area contributed by atoms with E-state index in [1.54, 1.807) is 0 Å². The minimum atomic E-state index is 0.155. The van der Waals surface area contributed by atoms with Gasteiger partial charge in [0.25, 0.3) is 5.91 Å². The molecule has 1 saturated carbocycles. The molecule has 1 aromatic heterocycles. The number of aryl methyl sites for hydroxylation is 1. The number of hydrogen-bond donors (Lipinski definition) is 1. The molecule has 0 spiro atoms. The fourth-order valence-electron chi connectivity index (χ4n) is 6.38. The standard InChI is InChI=1S/C24H39N5O2/c1-2-29-21-8-7-19(17-20(21)22(26-29)23(30)27-11-5-6-12-27)25-18-24(9-3-4-10-24)28-13-15-31-16-14-28/h19,25H,2-18H2,1H3/t19-/m1/s1. The Morgan fingerprint density at radius 2 is 1.87 bits per heavy atom. The van der Waals surface area contributed by atoms with Crippen LogP contribution in [0, 0.1) is 0 Å². The number of carbonyl (C=O) groups excluding carboxylic acids is 1. The van der Waals surface area contributed by atoms with Crippen LogP contribution in [0.15, 0.2) is 0 Å². The third-order valence-electron chi connectivity index (χ3n) is 8.18. The van der Waals surface area contributed by atoms with Gasteiger partial charge in [-0.25, -0.2) is 0 Å². The second-order valence-corrected chi connectivity index (χ2v) is 9.94. The lowest BCUT2D eigenvalue weighted by atomic mass is 9.89. The van der Waals surface area contributed by atoms with Gasteiger partial charge in [-0.1, -0.05) is 12.8 Å². The third-order valence-corrected chi connectivity index (χ3v) is 8.18. The summed E-state index contributed by atoms with van der Waals surface area (Å²) < 4.78 is 7.71. The van der Waals surface area contributed by atoms with E-state index in [1.165, 1.54) is 36.9 Å². The number of amides is 1. The van der Waals surface area contributed by atoms with Crippen LogP contribution in [0.2, 0.25) is 0 Å². The van der Waals surface area contributed by atoms with Crippen LogP contribution < -0.4 is 5.32 Å². The van der Waals surface area contributed by atoms with E-state index >= 15 is 0 Å². The molecule has 3 heterocycles. The number of hydrogen-bond acceptors (Lipinski definition) is 5. The van der Waals surface area contributed by atoms with Gasteiger partial charge in [-0.05, 0) is 51.9 Å². The second-order valence-electron chi connectivity index (χ2n) is 9.94. The van der Waals surface area contributed by atoms with Crippen molar-refractivity contribution in [3.05, 3.63) is 17.0 Å². The highest BCUT2D eigenvalue weighted by molar-refractivity contribution is 5.94. The summed E-state index contributed by atoms with van der Waals surface area (Å²) in [5.41, 5.74) is 3.54. The quantitative estimate of drug-likeness (QED) is 0.751. The smallest absolute Gasteiger partial charge is 0.274 e.